The monoisotopic (exact) mass is 667 g/mol. The molecule has 2 aliphatic rings. The molecule has 2 atom stereocenters. The average molecular weight is 668 g/mol. The molecule has 2 aromatic carbocycles. The summed E-state index contributed by atoms with van der Waals surface area (Å²) in [6.45, 7) is 12.3. The number of nitrogens with two attached hydrogens (primary N) is 1. The second-order valence-corrected chi connectivity index (χ2v) is 14.7. The minimum Gasteiger partial charge on any atom is -0.444 e. The van der Waals surface area contributed by atoms with Crippen LogP contribution < -0.4 is 5.73 Å². The number of hydrogen-bond acceptors (Lipinski definition) is 7. The fraction of sp³-hybridized carbons (Fsp3) is 0.432. The van der Waals surface area contributed by atoms with Gasteiger partial charge >= 0.3 is 12.2 Å². The Morgan fingerprint density at radius 1 is 0.714 bits per heavy atom. The molecule has 0 bridgehead atoms. The Hall–Kier alpha value is -5.13. The highest BCUT2D eigenvalue weighted by Gasteiger charge is 2.37. The zero-order valence-corrected chi connectivity index (χ0v) is 29.0. The molecule has 4 aromatic rings. The van der Waals surface area contributed by atoms with Crippen LogP contribution in [0.3, 0.4) is 0 Å². The van der Waals surface area contributed by atoms with Gasteiger partial charge < -0.3 is 25.2 Å². The number of aromatic amines is 2. The van der Waals surface area contributed by atoms with E-state index in [4.69, 9.17) is 20.2 Å². The normalized spacial score (nSPS) is 18.2. The molecular formula is C37H45N7O5. The molecule has 4 heterocycles. The van der Waals surface area contributed by atoms with E-state index in [0.717, 1.165) is 53.0 Å². The lowest BCUT2D eigenvalue weighted by atomic mass is 10.0. The largest absolute Gasteiger partial charge is 0.444 e. The molecule has 2 aromatic heterocycles. The Labute approximate surface area is 286 Å². The lowest BCUT2D eigenvalue weighted by molar-refractivity contribution is 0.0208. The van der Waals surface area contributed by atoms with E-state index in [9.17, 15) is 14.4 Å². The van der Waals surface area contributed by atoms with Crippen molar-refractivity contribution < 1.29 is 23.9 Å². The Morgan fingerprint density at radius 3 is 1.67 bits per heavy atom. The van der Waals surface area contributed by atoms with E-state index in [1.807, 2.05) is 90.1 Å². The SMILES string of the molecule is CC(C)(C)OC(=O)N1CCC[C@H]1c1ncc(-c2ccc(-c3ccc(-c4nc([C@@H]5CCCN5C(=O)OC(C)(C)C)[nH]c4C(N)=O)cc3)cc2)[nH]1. The summed E-state index contributed by atoms with van der Waals surface area (Å²) >= 11 is 0. The Kier molecular flexibility index (Phi) is 9.00. The molecule has 4 N–H and O–H groups in total. The van der Waals surface area contributed by atoms with E-state index in [0.29, 0.717) is 31.0 Å². The van der Waals surface area contributed by atoms with Gasteiger partial charge in [0.15, 0.2) is 0 Å². The number of amides is 3. The van der Waals surface area contributed by atoms with E-state index < -0.39 is 23.2 Å². The summed E-state index contributed by atoms with van der Waals surface area (Å²) in [7, 11) is 0. The number of H-pyrrole nitrogens is 2. The summed E-state index contributed by atoms with van der Waals surface area (Å²) in [5, 5.41) is 0. The van der Waals surface area contributed by atoms with E-state index >= 15 is 0 Å². The molecule has 2 aliphatic heterocycles. The van der Waals surface area contributed by atoms with Gasteiger partial charge in [0.1, 0.15) is 34.2 Å². The highest BCUT2D eigenvalue weighted by Crippen LogP contribution is 2.36. The number of carbonyl (C=O) groups excluding carboxylic acids is 3. The summed E-state index contributed by atoms with van der Waals surface area (Å²) in [4.78, 5) is 57.5. The molecule has 2 saturated heterocycles. The first-order valence-electron chi connectivity index (χ1n) is 16.8. The van der Waals surface area contributed by atoms with Crippen LogP contribution in [0.5, 0.6) is 0 Å². The molecule has 0 aliphatic carbocycles. The molecule has 0 radical (unpaired) electrons. The standard InChI is InChI=1S/C37H45N7O5/c1-36(2,3)48-34(46)43-19-7-9-27(43)32-39-21-26(40-32)24-15-11-22(12-16-24)23-13-17-25(18-14-23)29-30(31(38)45)42-33(41-29)28-10-8-20-44(28)35(47)49-37(4,5)6/h11-18,21,27-28H,7-10,19-20H2,1-6H3,(H2,38,45)(H,39,40)(H,41,42)/t27-,28-/m0/s1. The van der Waals surface area contributed by atoms with Crippen LogP contribution in [0.4, 0.5) is 9.59 Å². The first kappa shape index (κ1) is 33.8. The van der Waals surface area contributed by atoms with E-state index in [1.165, 1.54) is 0 Å². The number of rotatable bonds is 6. The summed E-state index contributed by atoms with van der Waals surface area (Å²) in [6.07, 6.45) is 4.30. The van der Waals surface area contributed by atoms with Gasteiger partial charge in [0.25, 0.3) is 5.91 Å². The second kappa shape index (κ2) is 13.1. The number of likely N-dealkylation sites (tertiary alicyclic amines) is 2. The zero-order valence-electron chi connectivity index (χ0n) is 29.0. The van der Waals surface area contributed by atoms with E-state index in [-0.39, 0.29) is 23.9 Å². The highest BCUT2D eigenvalue weighted by molar-refractivity contribution is 5.97. The van der Waals surface area contributed by atoms with Crippen LogP contribution in [0.25, 0.3) is 33.6 Å². The number of imidazole rings is 2. The number of carbonyl (C=O) groups is 3. The minimum atomic E-state index is -0.623. The lowest BCUT2D eigenvalue weighted by Crippen LogP contribution is -2.36. The Bertz CT molecular complexity index is 1830. The summed E-state index contributed by atoms with van der Waals surface area (Å²) in [6, 6.07) is 15.4. The van der Waals surface area contributed by atoms with Crippen molar-refractivity contribution >= 4 is 18.1 Å². The van der Waals surface area contributed by atoms with Gasteiger partial charge in [-0.3, -0.25) is 14.6 Å². The van der Waals surface area contributed by atoms with Gasteiger partial charge in [0.05, 0.1) is 24.0 Å². The third kappa shape index (κ3) is 7.48. The molecule has 0 spiro atoms. The number of nitrogens with one attached hydrogen (secondary N) is 2. The third-order valence-electron chi connectivity index (χ3n) is 8.64. The number of ether oxygens (including phenoxy) is 2. The van der Waals surface area contributed by atoms with Crippen molar-refractivity contribution in [1.82, 2.24) is 29.7 Å². The maximum atomic E-state index is 12.9. The smallest absolute Gasteiger partial charge is 0.410 e. The van der Waals surface area contributed by atoms with Gasteiger partial charge in [-0.15, -0.1) is 0 Å². The first-order valence-corrected chi connectivity index (χ1v) is 16.8. The fourth-order valence-electron chi connectivity index (χ4n) is 6.43. The minimum absolute atomic E-state index is 0.149. The molecule has 2 fully saturated rings. The molecule has 49 heavy (non-hydrogen) atoms. The van der Waals surface area contributed by atoms with Gasteiger partial charge in [-0.05, 0) is 83.9 Å². The Balaban J connectivity index is 1.17. The van der Waals surface area contributed by atoms with E-state index in [2.05, 4.69) is 15.0 Å². The predicted octanol–water partition coefficient (Wildman–Crippen LogP) is 7.38. The molecule has 12 heteroatoms. The maximum absolute atomic E-state index is 12.9. The second-order valence-electron chi connectivity index (χ2n) is 14.7. The van der Waals surface area contributed by atoms with Crippen molar-refractivity contribution in [3.63, 3.8) is 0 Å². The predicted molar refractivity (Wildman–Crippen MR) is 185 cm³/mol. The van der Waals surface area contributed by atoms with Crippen LogP contribution in [0.15, 0.2) is 54.7 Å². The summed E-state index contributed by atoms with van der Waals surface area (Å²) in [5.74, 6) is 0.641. The van der Waals surface area contributed by atoms with Crippen molar-refractivity contribution in [2.24, 2.45) is 5.73 Å². The third-order valence-corrected chi connectivity index (χ3v) is 8.64. The van der Waals surface area contributed by atoms with Gasteiger partial charge in [0.2, 0.25) is 0 Å². The zero-order chi connectivity index (χ0) is 35.1. The Morgan fingerprint density at radius 2 is 1.18 bits per heavy atom. The van der Waals surface area contributed by atoms with Crippen molar-refractivity contribution in [2.75, 3.05) is 13.1 Å². The number of hydrogen-bond donors (Lipinski definition) is 3. The summed E-state index contributed by atoms with van der Waals surface area (Å²) in [5.41, 5.74) is 9.81. The van der Waals surface area contributed by atoms with Gasteiger partial charge in [-0.1, -0.05) is 48.5 Å². The number of aromatic nitrogens is 4. The molecule has 258 valence electrons. The van der Waals surface area contributed by atoms with Gasteiger partial charge in [-0.25, -0.2) is 19.6 Å². The molecule has 3 amide bonds. The van der Waals surface area contributed by atoms with Crippen LogP contribution >= 0.6 is 0 Å². The molecule has 12 nitrogen and oxygen atoms in total. The number of nitrogens with zero attached hydrogens (tertiary/aromatic N) is 4. The van der Waals surface area contributed by atoms with Crippen LogP contribution in [0.1, 0.15) is 101 Å². The lowest BCUT2D eigenvalue weighted by Gasteiger charge is -2.27. The van der Waals surface area contributed by atoms with Crippen LogP contribution in [0.2, 0.25) is 0 Å². The van der Waals surface area contributed by atoms with Crippen molar-refractivity contribution in [2.45, 2.75) is 90.5 Å². The molecule has 6 rings (SSSR count). The van der Waals surface area contributed by atoms with Crippen LogP contribution in [-0.2, 0) is 9.47 Å². The molecule has 0 unspecified atom stereocenters. The van der Waals surface area contributed by atoms with Crippen molar-refractivity contribution in [3.05, 3.63) is 72.1 Å². The topological polar surface area (TPSA) is 160 Å². The maximum Gasteiger partial charge on any atom is 0.410 e. The van der Waals surface area contributed by atoms with Crippen LogP contribution in [-0.4, -0.2) is 72.1 Å². The van der Waals surface area contributed by atoms with Crippen molar-refractivity contribution in [3.8, 4) is 33.6 Å². The highest BCUT2D eigenvalue weighted by atomic mass is 16.6. The quantitative estimate of drug-likeness (QED) is 0.193. The molecule has 0 saturated carbocycles. The van der Waals surface area contributed by atoms with Crippen LogP contribution in [0, 0.1) is 0 Å². The first-order chi connectivity index (χ1) is 23.2. The number of benzene rings is 2. The average Bonchev–Trinajstić information content (AvgIpc) is 3.85. The summed E-state index contributed by atoms with van der Waals surface area (Å²) < 4.78 is 11.2. The van der Waals surface area contributed by atoms with E-state index in [1.54, 1.807) is 16.0 Å². The molecular weight excluding hydrogens is 622 g/mol. The fourth-order valence-corrected chi connectivity index (χ4v) is 6.43. The van der Waals surface area contributed by atoms with Gasteiger partial charge in [-0.2, -0.15) is 0 Å². The number of primary amides is 1. The van der Waals surface area contributed by atoms with Gasteiger partial charge in [0, 0.05) is 18.7 Å². The van der Waals surface area contributed by atoms with Crippen molar-refractivity contribution in [1.29, 1.82) is 0 Å².